The van der Waals surface area contributed by atoms with E-state index >= 15 is 0 Å². The SMILES string of the molecule is CC(C)C1(c2cccc(Cl)c2)CC12C(=O)Nc1ccccc12. The fourth-order valence-electron chi connectivity index (χ4n) is 4.45. The van der Waals surface area contributed by atoms with Crippen molar-refractivity contribution in [2.45, 2.75) is 31.1 Å². The first-order valence-electron chi connectivity index (χ1n) is 7.69. The molecule has 0 saturated heterocycles. The van der Waals surface area contributed by atoms with Gasteiger partial charge < -0.3 is 5.32 Å². The van der Waals surface area contributed by atoms with Gasteiger partial charge in [0.05, 0.1) is 5.41 Å². The van der Waals surface area contributed by atoms with Crippen LogP contribution in [0.2, 0.25) is 5.02 Å². The van der Waals surface area contributed by atoms with Gasteiger partial charge in [0, 0.05) is 16.1 Å². The van der Waals surface area contributed by atoms with Crippen molar-refractivity contribution in [2.75, 3.05) is 5.32 Å². The van der Waals surface area contributed by atoms with E-state index in [-0.39, 0.29) is 11.3 Å². The van der Waals surface area contributed by atoms with Gasteiger partial charge in [-0.05, 0) is 41.7 Å². The van der Waals surface area contributed by atoms with Crippen LogP contribution in [0.25, 0.3) is 0 Å². The van der Waals surface area contributed by atoms with Gasteiger partial charge >= 0.3 is 0 Å². The van der Waals surface area contributed by atoms with Crippen molar-refractivity contribution in [3.63, 3.8) is 0 Å². The van der Waals surface area contributed by atoms with Crippen LogP contribution in [0.4, 0.5) is 5.69 Å². The van der Waals surface area contributed by atoms with Crippen LogP contribution in [0.15, 0.2) is 48.5 Å². The van der Waals surface area contributed by atoms with E-state index in [0.29, 0.717) is 5.92 Å². The minimum absolute atomic E-state index is 0.127. The molecule has 2 nitrogen and oxygen atoms in total. The molecule has 2 aromatic carbocycles. The van der Waals surface area contributed by atoms with Crippen LogP contribution in [0.5, 0.6) is 0 Å². The van der Waals surface area contributed by atoms with E-state index in [0.717, 1.165) is 22.7 Å². The predicted octanol–water partition coefficient (Wildman–Crippen LogP) is 4.53. The summed E-state index contributed by atoms with van der Waals surface area (Å²) in [6.45, 7) is 4.40. The molecule has 1 spiro atoms. The zero-order valence-electron chi connectivity index (χ0n) is 12.7. The number of benzene rings is 2. The van der Waals surface area contributed by atoms with Gasteiger partial charge in [-0.3, -0.25) is 4.79 Å². The van der Waals surface area contributed by atoms with Gasteiger partial charge in [-0.1, -0.05) is 55.8 Å². The highest BCUT2D eigenvalue weighted by molar-refractivity contribution is 6.30. The summed E-state index contributed by atoms with van der Waals surface area (Å²) in [7, 11) is 0. The summed E-state index contributed by atoms with van der Waals surface area (Å²) in [6.07, 6.45) is 0.848. The highest BCUT2D eigenvalue weighted by Crippen LogP contribution is 2.72. The minimum atomic E-state index is -0.442. The van der Waals surface area contributed by atoms with Crippen molar-refractivity contribution in [3.8, 4) is 0 Å². The average Bonchev–Trinajstić information content (AvgIpc) is 3.13. The second-order valence-electron chi connectivity index (χ2n) is 6.72. The molecule has 1 aliphatic carbocycles. The molecule has 1 fully saturated rings. The van der Waals surface area contributed by atoms with Crippen LogP contribution in [-0.4, -0.2) is 5.91 Å². The molecule has 4 rings (SSSR count). The molecule has 2 aromatic rings. The molecule has 2 atom stereocenters. The number of halogens is 1. The standard InChI is InChI=1S/C19H18ClNO/c1-12(2)18(13-6-5-7-14(20)10-13)11-19(18)15-8-3-4-9-16(15)21-17(19)22/h3-10,12H,11H2,1-2H3,(H,21,22). The average molecular weight is 312 g/mol. The Balaban J connectivity index is 1.94. The van der Waals surface area contributed by atoms with Gasteiger partial charge in [0.1, 0.15) is 0 Å². The summed E-state index contributed by atoms with van der Waals surface area (Å²) >= 11 is 6.21. The Morgan fingerprint density at radius 2 is 1.91 bits per heavy atom. The van der Waals surface area contributed by atoms with Gasteiger partial charge in [-0.2, -0.15) is 0 Å². The summed E-state index contributed by atoms with van der Waals surface area (Å²) in [4.78, 5) is 12.8. The summed E-state index contributed by atoms with van der Waals surface area (Å²) in [5.41, 5.74) is 2.64. The summed E-state index contributed by atoms with van der Waals surface area (Å²) in [5, 5.41) is 3.80. The molecular weight excluding hydrogens is 294 g/mol. The van der Waals surface area contributed by atoms with Crippen LogP contribution in [0, 0.1) is 5.92 Å². The van der Waals surface area contributed by atoms with Gasteiger partial charge in [-0.25, -0.2) is 0 Å². The molecule has 112 valence electrons. The number of carbonyl (C=O) groups is 1. The Bertz CT molecular complexity index is 785. The maximum Gasteiger partial charge on any atom is 0.236 e. The van der Waals surface area contributed by atoms with Gasteiger partial charge in [0.2, 0.25) is 5.91 Å². The van der Waals surface area contributed by atoms with Crippen LogP contribution < -0.4 is 5.32 Å². The molecule has 1 heterocycles. The minimum Gasteiger partial charge on any atom is -0.325 e. The third kappa shape index (κ3) is 1.49. The van der Waals surface area contributed by atoms with Gasteiger partial charge in [0.25, 0.3) is 0 Å². The van der Waals surface area contributed by atoms with Crippen molar-refractivity contribution in [3.05, 3.63) is 64.7 Å². The number of hydrogen-bond donors (Lipinski definition) is 1. The van der Waals surface area contributed by atoms with E-state index in [1.54, 1.807) is 0 Å². The van der Waals surface area contributed by atoms with Crippen molar-refractivity contribution < 1.29 is 4.79 Å². The van der Waals surface area contributed by atoms with E-state index in [1.807, 2.05) is 36.4 Å². The molecule has 1 aliphatic heterocycles. The fourth-order valence-corrected chi connectivity index (χ4v) is 4.64. The summed E-state index contributed by atoms with van der Waals surface area (Å²) < 4.78 is 0. The number of para-hydroxylation sites is 1. The molecule has 0 radical (unpaired) electrons. The van der Waals surface area contributed by atoms with Crippen LogP contribution in [-0.2, 0) is 15.6 Å². The first-order valence-corrected chi connectivity index (χ1v) is 8.07. The van der Waals surface area contributed by atoms with Crippen molar-refractivity contribution in [2.24, 2.45) is 5.92 Å². The zero-order valence-corrected chi connectivity index (χ0v) is 13.4. The lowest BCUT2D eigenvalue weighted by Gasteiger charge is -2.26. The Morgan fingerprint density at radius 1 is 1.14 bits per heavy atom. The largest absolute Gasteiger partial charge is 0.325 e. The molecule has 1 amide bonds. The number of carbonyl (C=O) groups excluding carboxylic acids is 1. The Kier molecular flexibility index (Phi) is 2.74. The zero-order chi connectivity index (χ0) is 15.5. The topological polar surface area (TPSA) is 29.1 Å². The number of nitrogens with one attached hydrogen (secondary N) is 1. The van der Waals surface area contributed by atoms with Crippen molar-refractivity contribution in [1.29, 1.82) is 0 Å². The summed E-state index contributed by atoms with van der Waals surface area (Å²) in [6, 6.07) is 16.0. The van der Waals surface area contributed by atoms with E-state index in [1.165, 1.54) is 5.56 Å². The molecule has 3 heteroatoms. The lowest BCUT2D eigenvalue weighted by atomic mass is 9.75. The first-order chi connectivity index (χ1) is 10.5. The third-order valence-corrected chi connectivity index (χ3v) is 5.76. The molecule has 0 bridgehead atoms. The van der Waals surface area contributed by atoms with Crippen molar-refractivity contribution in [1.82, 2.24) is 0 Å². The molecule has 2 aliphatic rings. The highest BCUT2D eigenvalue weighted by atomic mass is 35.5. The summed E-state index contributed by atoms with van der Waals surface area (Å²) in [5.74, 6) is 0.477. The van der Waals surface area contributed by atoms with Gasteiger partial charge in [-0.15, -0.1) is 0 Å². The van der Waals surface area contributed by atoms with Gasteiger partial charge in [0.15, 0.2) is 0 Å². The first kappa shape index (κ1) is 13.8. The lowest BCUT2D eigenvalue weighted by Crippen LogP contribution is -2.33. The second kappa shape index (κ2) is 4.36. The second-order valence-corrected chi connectivity index (χ2v) is 7.15. The van der Waals surface area contributed by atoms with E-state index in [2.05, 4.69) is 31.3 Å². The van der Waals surface area contributed by atoms with Crippen LogP contribution >= 0.6 is 11.6 Å². The number of fused-ring (bicyclic) bond motifs is 2. The smallest absolute Gasteiger partial charge is 0.236 e. The molecule has 22 heavy (non-hydrogen) atoms. The maximum absolute atomic E-state index is 12.8. The van der Waals surface area contributed by atoms with E-state index < -0.39 is 5.41 Å². The van der Waals surface area contributed by atoms with Crippen LogP contribution in [0.1, 0.15) is 31.4 Å². The Hall–Kier alpha value is -1.80. The van der Waals surface area contributed by atoms with E-state index in [4.69, 9.17) is 11.6 Å². The number of amides is 1. The third-order valence-electron chi connectivity index (χ3n) is 5.53. The number of rotatable bonds is 2. The predicted molar refractivity (Wildman–Crippen MR) is 89.3 cm³/mol. The number of hydrogen-bond acceptors (Lipinski definition) is 1. The van der Waals surface area contributed by atoms with Crippen LogP contribution in [0.3, 0.4) is 0 Å². The fraction of sp³-hybridized carbons (Fsp3) is 0.316. The lowest BCUT2D eigenvalue weighted by molar-refractivity contribution is -0.118. The molecule has 1 N–H and O–H groups in total. The monoisotopic (exact) mass is 311 g/mol. The Labute approximate surface area is 135 Å². The number of anilines is 1. The highest BCUT2D eigenvalue weighted by Gasteiger charge is 2.76. The normalized spacial score (nSPS) is 28.8. The molecular formula is C19H18ClNO. The molecule has 2 unspecified atom stereocenters. The van der Waals surface area contributed by atoms with E-state index in [9.17, 15) is 4.79 Å². The molecule has 0 aromatic heterocycles. The maximum atomic E-state index is 12.8. The van der Waals surface area contributed by atoms with Crippen molar-refractivity contribution >= 4 is 23.2 Å². The Morgan fingerprint density at radius 3 is 2.64 bits per heavy atom. The molecule has 1 saturated carbocycles. The quantitative estimate of drug-likeness (QED) is 0.867.